The molecule has 4 rings (SSSR count). The largest absolute Gasteiger partial charge is 0.397 e. The SMILES string of the molecule is Nc1c(Br)cc(C(=O)CCCN2CCC(N3Cc4ccccc4NC3=O)CC2)cc1Br. The van der Waals surface area contributed by atoms with E-state index in [1.807, 2.05) is 23.1 Å². The van der Waals surface area contributed by atoms with Crippen LogP contribution in [0.3, 0.4) is 0 Å². The molecule has 0 unspecified atom stereocenters. The number of ketones is 1. The van der Waals surface area contributed by atoms with Crippen molar-refractivity contribution in [1.29, 1.82) is 0 Å². The van der Waals surface area contributed by atoms with Gasteiger partial charge in [-0.3, -0.25) is 4.79 Å². The first-order chi connectivity index (χ1) is 14.9. The highest BCUT2D eigenvalue weighted by molar-refractivity contribution is 9.11. The van der Waals surface area contributed by atoms with E-state index in [-0.39, 0.29) is 17.9 Å². The molecule has 2 aromatic rings. The van der Waals surface area contributed by atoms with Gasteiger partial charge in [-0.15, -0.1) is 0 Å². The number of carbonyl (C=O) groups excluding carboxylic acids is 2. The zero-order valence-corrected chi connectivity index (χ0v) is 20.4. The van der Waals surface area contributed by atoms with Crippen molar-refractivity contribution in [2.45, 2.75) is 38.3 Å². The highest BCUT2D eigenvalue weighted by Gasteiger charge is 2.31. The van der Waals surface area contributed by atoms with Gasteiger partial charge in [-0.2, -0.15) is 0 Å². The molecule has 0 aromatic heterocycles. The second-order valence-electron chi connectivity index (χ2n) is 8.17. The second kappa shape index (κ2) is 9.71. The van der Waals surface area contributed by atoms with Crippen molar-refractivity contribution in [1.82, 2.24) is 9.80 Å². The molecule has 164 valence electrons. The molecular formula is C23H26Br2N4O2. The van der Waals surface area contributed by atoms with E-state index in [1.165, 1.54) is 5.56 Å². The van der Waals surface area contributed by atoms with Gasteiger partial charge in [0.05, 0.1) is 5.69 Å². The maximum absolute atomic E-state index is 12.5. The van der Waals surface area contributed by atoms with Gasteiger partial charge in [0.25, 0.3) is 0 Å². The molecule has 1 fully saturated rings. The number of hydrogen-bond acceptors (Lipinski definition) is 4. The molecule has 0 bridgehead atoms. The third kappa shape index (κ3) is 5.13. The first kappa shape index (κ1) is 22.3. The van der Waals surface area contributed by atoms with Gasteiger partial charge in [-0.05, 0) is 81.4 Å². The highest BCUT2D eigenvalue weighted by atomic mass is 79.9. The quantitative estimate of drug-likeness (QED) is 0.380. The van der Waals surface area contributed by atoms with Gasteiger partial charge in [-0.1, -0.05) is 18.2 Å². The maximum atomic E-state index is 12.5. The number of nitrogens with zero attached hydrogens (tertiary/aromatic N) is 2. The zero-order valence-electron chi connectivity index (χ0n) is 17.2. The molecule has 0 spiro atoms. The summed E-state index contributed by atoms with van der Waals surface area (Å²) >= 11 is 6.80. The summed E-state index contributed by atoms with van der Waals surface area (Å²) in [6.45, 7) is 3.46. The molecule has 2 heterocycles. The number of Topliss-reactive ketones (excluding diaryl/α,β-unsaturated/α-hetero) is 1. The van der Waals surface area contributed by atoms with E-state index in [4.69, 9.17) is 5.73 Å². The number of para-hydroxylation sites is 1. The topological polar surface area (TPSA) is 78.7 Å². The van der Waals surface area contributed by atoms with Gasteiger partial charge in [-0.25, -0.2) is 4.79 Å². The number of nitrogens with two attached hydrogens (primary N) is 1. The van der Waals surface area contributed by atoms with E-state index in [0.717, 1.165) is 53.5 Å². The van der Waals surface area contributed by atoms with Crippen molar-refractivity contribution >= 4 is 55.0 Å². The number of urea groups is 1. The summed E-state index contributed by atoms with van der Waals surface area (Å²) in [5.74, 6) is 0.125. The van der Waals surface area contributed by atoms with Crippen LogP contribution in [0.1, 0.15) is 41.6 Å². The number of halogens is 2. The lowest BCUT2D eigenvalue weighted by atomic mass is 10.00. The summed E-state index contributed by atoms with van der Waals surface area (Å²) in [6, 6.07) is 11.8. The number of hydrogen-bond donors (Lipinski definition) is 2. The molecule has 2 aromatic carbocycles. The first-order valence-corrected chi connectivity index (χ1v) is 12.2. The van der Waals surface area contributed by atoms with Crippen LogP contribution in [0, 0.1) is 0 Å². The lowest BCUT2D eigenvalue weighted by molar-refractivity contribution is 0.0959. The summed E-state index contributed by atoms with van der Waals surface area (Å²) < 4.78 is 1.47. The molecule has 3 N–H and O–H groups in total. The third-order valence-corrected chi connectivity index (χ3v) is 7.45. The molecule has 6 nitrogen and oxygen atoms in total. The Labute approximate surface area is 199 Å². The highest BCUT2D eigenvalue weighted by Crippen LogP contribution is 2.30. The molecule has 0 saturated carbocycles. The molecule has 2 aliphatic rings. The molecule has 0 aliphatic carbocycles. The van der Waals surface area contributed by atoms with Crippen molar-refractivity contribution in [2.24, 2.45) is 0 Å². The van der Waals surface area contributed by atoms with Crippen LogP contribution in [0.25, 0.3) is 0 Å². The van der Waals surface area contributed by atoms with Crippen molar-refractivity contribution in [3.8, 4) is 0 Å². The Morgan fingerprint density at radius 1 is 1.13 bits per heavy atom. The van der Waals surface area contributed by atoms with Gasteiger partial charge >= 0.3 is 6.03 Å². The average Bonchev–Trinajstić information content (AvgIpc) is 2.77. The Bertz CT molecular complexity index is 966. The van der Waals surface area contributed by atoms with Crippen LogP contribution in [0.5, 0.6) is 0 Å². The summed E-state index contributed by atoms with van der Waals surface area (Å²) in [7, 11) is 0. The minimum atomic E-state index is 0.00330. The fourth-order valence-corrected chi connectivity index (χ4v) is 5.51. The van der Waals surface area contributed by atoms with Gasteiger partial charge in [0.2, 0.25) is 0 Å². The minimum Gasteiger partial charge on any atom is -0.397 e. The number of nitrogens with one attached hydrogen (secondary N) is 1. The maximum Gasteiger partial charge on any atom is 0.322 e. The van der Waals surface area contributed by atoms with Gasteiger partial charge in [0.1, 0.15) is 0 Å². The fourth-order valence-electron chi connectivity index (χ4n) is 4.32. The Kier molecular flexibility index (Phi) is 6.99. The Balaban J connectivity index is 1.24. The first-order valence-electron chi connectivity index (χ1n) is 10.6. The lowest BCUT2D eigenvalue weighted by Gasteiger charge is -2.40. The van der Waals surface area contributed by atoms with Gasteiger partial charge in [0, 0.05) is 52.3 Å². The fraction of sp³-hybridized carbons (Fsp3) is 0.391. The summed E-state index contributed by atoms with van der Waals surface area (Å²) in [4.78, 5) is 29.5. The average molecular weight is 550 g/mol. The Hall–Kier alpha value is -1.90. The van der Waals surface area contributed by atoms with Crippen LogP contribution < -0.4 is 11.1 Å². The molecule has 0 radical (unpaired) electrons. The van der Waals surface area contributed by atoms with Crippen LogP contribution in [-0.4, -0.2) is 47.3 Å². The van der Waals surface area contributed by atoms with Crippen LogP contribution in [0.15, 0.2) is 45.3 Å². The smallest absolute Gasteiger partial charge is 0.322 e. The van der Waals surface area contributed by atoms with Crippen molar-refractivity contribution in [3.05, 3.63) is 56.5 Å². The number of rotatable bonds is 6. The van der Waals surface area contributed by atoms with Crippen LogP contribution in [0.4, 0.5) is 16.2 Å². The molecule has 2 aliphatic heterocycles. The number of benzene rings is 2. The predicted octanol–water partition coefficient (Wildman–Crippen LogP) is 5.27. The van der Waals surface area contributed by atoms with Crippen molar-refractivity contribution in [2.75, 3.05) is 30.7 Å². The number of nitrogen functional groups attached to an aromatic ring is 1. The van der Waals surface area contributed by atoms with E-state index in [2.05, 4.69) is 48.1 Å². The number of piperidine rings is 1. The summed E-state index contributed by atoms with van der Waals surface area (Å²) in [6.07, 6.45) is 3.25. The number of fused-ring (bicyclic) bond motifs is 1. The Morgan fingerprint density at radius 2 is 1.81 bits per heavy atom. The summed E-state index contributed by atoms with van der Waals surface area (Å²) in [5.41, 5.74) is 9.27. The van der Waals surface area contributed by atoms with Crippen molar-refractivity contribution < 1.29 is 9.59 Å². The second-order valence-corrected chi connectivity index (χ2v) is 9.88. The molecular weight excluding hydrogens is 524 g/mol. The third-order valence-electron chi connectivity index (χ3n) is 6.14. The summed E-state index contributed by atoms with van der Waals surface area (Å²) in [5, 5.41) is 3.01. The standard InChI is InChI=1S/C23H26Br2N4O2/c24-18-12-16(13-19(25)22(18)26)21(30)6-3-9-28-10-7-17(8-11-28)29-14-15-4-1-2-5-20(15)27-23(29)31/h1-2,4-5,12-13,17H,3,6-11,14,26H2,(H,27,31). The Morgan fingerprint density at radius 3 is 2.52 bits per heavy atom. The lowest BCUT2D eigenvalue weighted by Crippen LogP contribution is -2.50. The number of carbonyl (C=O) groups is 2. The van der Waals surface area contributed by atoms with E-state index in [9.17, 15) is 9.59 Å². The van der Waals surface area contributed by atoms with Gasteiger partial charge < -0.3 is 20.9 Å². The van der Waals surface area contributed by atoms with E-state index >= 15 is 0 Å². The van der Waals surface area contributed by atoms with Crippen LogP contribution in [0.2, 0.25) is 0 Å². The van der Waals surface area contributed by atoms with E-state index in [0.29, 0.717) is 24.2 Å². The van der Waals surface area contributed by atoms with E-state index < -0.39 is 0 Å². The van der Waals surface area contributed by atoms with Crippen LogP contribution in [-0.2, 0) is 6.54 Å². The monoisotopic (exact) mass is 548 g/mol. The number of amides is 2. The molecule has 0 atom stereocenters. The molecule has 8 heteroatoms. The number of likely N-dealkylation sites (tertiary alicyclic amines) is 1. The normalized spacial score (nSPS) is 17.4. The number of anilines is 2. The van der Waals surface area contributed by atoms with Crippen LogP contribution >= 0.6 is 31.9 Å². The minimum absolute atomic E-state index is 0.00330. The molecule has 1 saturated heterocycles. The zero-order chi connectivity index (χ0) is 22.0. The molecule has 31 heavy (non-hydrogen) atoms. The van der Waals surface area contributed by atoms with Gasteiger partial charge in [0.15, 0.2) is 5.78 Å². The molecule has 2 amide bonds. The van der Waals surface area contributed by atoms with Crippen molar-refractivity contribution in [3.63, 3.8) is 0 Å². The predicted molar refractivity (Wildman–Crippen MR) is 130 cm³/mol. The van der Waals surface area contributed by atoms with E-state index in [1.54, 1.807) is 12.1 Å².